The highest BCUT2D eigenvalue weighted by molar-refractivity contribution is 9.10. The molecule has 2 aromatic rings. The smallest absolute Gasteiger partial charge is 0.132 e. The van der Waals surface area contributed by atoms with Crippen molar-refractivity contribution in [1.29, 1.82) is 0 Å². The first-order chi connectivity index (χ1) is 7.61. The Kier molecular flexibility index (Phi) is 3.10. The zero-order valence-electron chi connectivity index (χ0n) is 9.09. The Morgan fingerprint density at radius 3 is 2.56 bits per heavy atom. The van der Waals surface area contributed by atoms with Gasteiger partial charge in [-0.15, -0.1) is 0 Å². The number of benzene rings is 1. The van der Waals surface area contributed by atoms with Gasteiger partial charge in [0, 0.05) is 5.56 Å². The van der Waals surface area contributed by atoms with Gasteiger partial charge in [0.15, 0.2) is 0 Å². The van der Waals surface area contributed by atoms with Crippen molar-refractivity contribution in [3.63, 3.8) is 0 Å². The molecule has 0 aliphatic rings. The normalized spacial score (nSPS) is 11.1. The van der Waals surface area contributed by atoms with Gasteiger partial charge in [0.05, 0.1) is 10.2 Å². The third kappa shape index (κ3) is 1.89. The van der Waals surface area contributed by atoms with Crippen LogP contribution in [0.3, 0.4) is 0 Å². The SMILES string of the molecule is CC(C)c1[nH]nc(-c2ccccc2F)c1Br. The van der Waals surface area contributed by atoms with E-state index in [0.717, 1.165) is 10.2 Å². The second-order valence-corrected chi connectivity index (χ2v) is 4.73. The van der Waals surface area contributed by atoms with E-state index in [1.165, 1.54) is 6.07 Å². The van der Waals surface area contributed by atoms with Crippen LogP contribution in [0.15, 0.2) is 28.7 Å². The van der Waals surface area contributed by atoms with Crippen molar-refractivity contribution in [2.45, 2.75) is 19.8 Å². The number of nitrogens with one attached hydrogen (secondary N) is 1. The molecule has 1 aromatic carbocycles. The van der Waals surface area contributed by atoms with Crippen LogP contribution in [0.2, 0.25) is 0 Å². The van der Waals surface area contributed by atoms with Gasteiger partial charge in [0.25, 0.3) is 0 Å². The summed E-state index contributed by atoms with van der Waals surface area (Å²) >= 11 is 3.46. The zero-order valence-corrected chi connectivity index (χ0v) is 10.7. The molecule has 1 aromatic heterocycles. The lowest BCUT2D eigenvalue weighted by Crippen LogP contribution is -1.87. The third-order valence-electron chi connectivity index (χ3n) is 2.44. The van der Waals surface area contributed by atoms with Gasteiger partial charge < -0.3 is 0 Å². The van der Waals surface area contributed by atoms with E-state index in [-0.39, 0.29) is 5.82 Å². The lowest BCUT2D eigenvalue weighted by Gasteiger charge is -2.02. The van der Waals surface area contributed by atoms with Crippen LogP contribution < -0.4 is 0 Å². The summed E-state index contributed by atoms with van der Waals surface area (Å²) in [4.78, 5) is 0. The standard InChI is InChI=1S/C12H12BrFN2/c1-7(2)11-10(13)12(16-15-11)8-5-3-4-6-9(8)14/h3-7H,1-2H3,(H,15,16). The fourth-order valence-corrected chi connectivity index (χ4v) is 2.40. The maximum Gasteiger partial charge on any atom is 0.132 e. The third-order valence-corrected chi connectivity index (χ3v) is 3.24. The lowest BCUT2D eigenvalue weighted by molar-refractivity contribution is 0.630. The maximum atomic E-state index is 13.6. The van der Waals surface area contributed by atoms with Crippen LogP contribution >= 0.6 is 15.9 Å². The monoisotopic (exact) mass is 282 g/mol. The van der Waals surface area contributed by atoms with Gasteiger partial charge in [0.2, 0.25) is 0 Å². The zero-order chi connectivity index (χ0) is 11.7. The van der Waals surface area contributed by atoms with E-state index in [4.69, 9.17) is 0 Å². The van der Waals surface area contributed by atoms with Gasteiger partial charge in [-0.05, 0) is 34.0 Å². The van der Waals surface area contributed by atoms with Crippen LogP contribution in [0.4, 0.5) is 4.39 Å². The Bertz CT molecular complexity index is 505. The molecule has 4 heteroatoms. The molecular weight excluding hydrogens is 271 g/mol. The molecule has 0 saturated heterocycles. The van der Waals surface area contributed by atoms with E-state index in [1.54, 1.807) is 18.2 Å². The fourth-order valence-electron chi connectivity index (χ4n) is 1.56. The molecule has 0 fully saturated rings. The molecule has 0 aliphatic heterocycles. The summed E-state index contributed by atoms with van der Waals surface area (Å²) in [5.74, 6) is 0.0624. The Hall–Kier alpha value is -1.16. The first-order valence-corrected chi connectivity index (χ1v) is 5.89. The maximum absolute atomic E-state index is 13.6. The highest BCUT2D eigenvalue weighted by atomic mass is 79.9. The summed E-state index contributed by atoms with van der Waals surface area (Å²) in [6.07, 6.45) is 0. The van der Waals surface area contributed by atoms with Gasteiger partial charge in [-0.1, -0.05) is 26.0 Å². The molecule has 16 heavy (non-hydrogen) atoms. The molecule has 0 saturated carbocycles. The van der Waals surface area contributed by atoms with Crippen LogP contribution in [0.1, 0.15) is 25.5 Å². The predicted molar refractivity (Wildman–Crippen MR) is 65.8 cm³/mol. The molecule has 0 radical (unpaired) electrons. The predicted octanol–water partition coefficient (Wildman–Crippen LogP) is 4.10. The van der Waals surface area contributed by atoms with Crippen molar-refractivity contribution in [2.75, 3.05) is 0 Å². The Balaban J connectivity index is 2.54. The number of aromatic amines is 1. The van der Waals surface area contributed by atoms with Crippen LogP contribution in [-0.4, -0.2) is 10.2 Å². The molecular formula is C12H12BrFN2. The van der Waals surface area contributed by atoms with Crippen molar-refractivity contribution < 1.29 is 4.39 Å². The molecule has 84 valence electrons. The summed E-state index contributed by atoms with van der Waals surface area (Å²) < 4.78 is 14.4. The first kappa shape index (κ1) is 11.3. The molecule has 0 aliphatic carbocycles. The Morgan fingerprint density at radius 2 is 2.00 bits per heavy atom. The molecule has 2 nitrogen and oxygen atoms in total. The highest BCUT2D eigenvalue weighted by Gasteiger charge is 2.16. The van der Waals surface area contributed by atoms with Crippen molar-refractivity contribution in [2.24, 2.45) is 0 Å². The van der Waals surface area contributed by atoms with Crippen LogP contribution in [0.5, 0.6) is 0 Å². The number of halogens is 2. The average molecular weight is 283 g/mol. The second-order valence-electron chi connectivity index (χ2n) is 3.93. The molecule has 0 spiro atoms. The lowest BCUT2D eigenvalue weighted by atomic mass is 10.1. The minimum absolute atomic E-state index is 0.259. The first-order valence-electron chi connectivity index (χ1n) is 5.10. The number of hydrogen-bond acceptors (Lipinski definition) is 1. The van der Waals surface area contributed by atoms with Crippen molar-refractivity contribution in [3.05, 3.63) is 40.2 Å². The minimum atomic E-state index is -0.259. The summed E-state index contributed by atoms with van der Waals surface area (Å²) in [6, 6.07) is 6.63. The molecule has 0 unspecified atom stereocenters. The Morgan fingerprint density at radius 1 is 1.31 bits per heavy atom. The van der Waals surface area contributed by atoms with E-state index in [9.17, 15) is 4.39 Å². The topological polar surface area (TPSA) is 28.7 Å². The summed E-state index contributed by atoms with van der Waals surface area (Å²) in [5, 5.41) is 7.09. The number of hydrogen-bond donors (Lipinski definition) is 1. The largest absolute Gasteiger partial charge is 0.280 e. The van der Waals surface area contributed by atoms with E-state index < -0.39 is 0 Å². The Labute approximate surface area is 102 Å². The summed E-state index contributed by atoms with van der Waals surface area (Å²) in [7, 11) is 0. The minimum Gasteiger partial charge on any atom is -0.280 e. The fraction of sp³-hybridized carbons (Fsp3) is 0.250. The quantitative estimate of drug-likeness (QED) is 0.883. The summed E-state index contributed by atoms with van der Waals surface area (Å²) in [5.41, 5.74) is 2.12. The molecule has 1 N–H and O–H groups in total. The van der Waals surface area contributed by atoms with Crippen molar-refractivity contribution >= 4 is 15.9 Å². The van der Waals surface area contributed by atoms with E-state index in [1.807, 2.05) is 0 Å². The number of H-pyrrole nitrogens is 1. The molecule has 0 atom stereocenters. The molecule has 0 bridgehead atoms. The van der Waals surface area contributed by atoms with Crippen LogP contribution in [0, 0.1) is 5.82 Å². The molecule has 2 rings (SSSR count). The van der Waals surface area contributed by atoms with E-state index >= 15 is 0 Å². The molecule has 0 amide bonds. The average Bonchev–Trinajstić information content (AvgIpc) is 2.61. The highest BCUT2D eigenvalue weighted by Crippen LogP contribution is 2.33. The van der Waals surface area contributed by atoms with Gasteiger partial charge in [-0.2, -0.15) is 5.10 Å². The van der Waals surface area contributed by atoms with Gasteiger partial charge in [-0.25, -0.2) is 4.39 Å². The number of aromatic nitrogens is 2. The van der Waals surface area contributed by atoms with Gasteiger partial charge >= 0.3 is 0 Å². The van der Waals surface area contributed by atoms with Crippen LogP contribution in [0.25, 0.3) is 11.3 Å². The summed E-state index contributed by atoms with van der Waals surface area (Å²) in [6.45, 7) is 4.12. The van der Waals surface area contributed by atoms with E-state index in [2.05, 4.69) is 40.0 Å². The van der Waals surface area contributed by atoms with Crippen molar-refractivity contribution in [1.82, 2.24) is 10.2 Å². The number of nitrogens with zero attached hydrogens (tertiary/aromatic N) is 1. The molecule has 1 heterocycles. The number of rotatable bonds is 2. The second kappa shape index (κ2) is 4.37. The van der Waals surface area contributed by atoms with Gasteiger partial charge in [0.1, 0.15) is 11.5 Å². The van der Waals surface area contributed by atoms with Crippen LogP contribution in [-0.2, 0) is 0 Å². The van der Waals surface area contributed by atoms with Crippen molar-refractivity contribution in [3.8, 4) is 11.3 Å². The van der Waals surface area contributed by atoms with Gasteiger partial charge in [-0.3, -0.25) is 5.10 Å². The van der Waals surface area contributed by atoms with E-state index in [0.29, 0.717) is 17.2 Å².